The Labute approximate surface area is 122 Å². The Morgan fingerprint density at radius 3 is 2.16 bits per heavy atom. The van der Waals surface area contributed by atoms with Crippen LogP contribution in [0.4, 0.5) is 0 Å². The van der Waals surface area contributed by atoms with Crippen LogP contribution in [0.25, 0.3) is 0 Å². The van der Waals surface area contributed by atoms with Crippen LogP contribution in [0.15, 0.2) is 9.98 Å². The second-order valence-electron chi connectivity index (χ2n) is 5.59. The average molecular weight is 309 g/mol. The molecule has 0 spiro atoms. The second-order valence-corrected chi connectivity index (χ2v) is 10.3. The zero-order valence-corrected chi connectivity index (χ0v) is 14.2. The Balaban J connectivity index is 2.98. The summed E-state index contributed by atoms with van der Waals surface area (Å²) in [6, 6.07) is -0.121. The van der Waals surface area contributed by atoms with Gasteiger partial charge in [0.05, 0.1) is 19.4 Å². The highest BCUT2D eigenvalue weighted by atomic mass is 35.5. The van der Waals surface area contributed by atoms with E-state index in [9.17, 15) is 0 Å². The monoisotopic (exact) mass is 308 g/mol. The van der Waals surface area contributed by atoms with Crippen LogP contribution in [0.2, 0.25) is 0 Å². The zero-order valence-electron chi connectivity index (χ0n) is 12.6. The molecule has 0 aromatic heterocycles. The van der Waals surface area contributed by atoms with E-state index in [-0.39, 0.29) is 12.1 Å². The number of alkyl halides is 1. The van der Waals surface area contributed by atoms with Crippen molar-refractivity contribution in [2.75, 3.05) is 37.7 Å². The highest BCUT2D eigenvalue weighted by Crippen LogP contribution is 2.42. The van der Waals surface area contributed by atoms with Gasteiger partial charge in [-0.3, -0.25) is 0 Å². The molecule has 0 saturated carbocycles. The molecular weight excluding hydrogens is 284 g/mol. The molecular formula is C13H25ClN2O2S. The predicted octanol–water partition coefficient (Wildman–Crippen LogP) is 2.74. The standard InChI is InChI=1S/C13H25ClN2O2S/c1-9(2)11-13(18-4)15-10(12(16-11)17-3)7-19(5,6)8-14/h9-11H,7-8H2,1-6H3/t10-,11+/m0/s1. The number of hydrogen-bond donors (Lipinski definition) is 0. The molecule has 0 N–H and O–H groups in total. The van der Waals surface area contributed by atoms with E-state index in [2.05, 4.69) is 36.3 Å². The number of ether oxygens (including phenoxy) is 2. The normalized spacial score (nSPS) is 24.8. The van der Waals surface area contributed by atoms with Crippen molar-refractivity contribution in [2.24, 2.45) is 15.9 Å². The fraction of sp³-hybridized carbons (Fsp3) is 0.846. The first-order valence-corrected chi connectivity index (χ1v) is 9.65. The molecule has 2 atom stereocenters. The Hall–Kier alpha value is -0.420. The molecule has 0 aliphatic carbocycles. The number of hydrogen-bond acceptors (Lipinski definition) is 4. The molecule has 0 saturated heterocycles. The van der Waals surface area contributed by atoms with Crippen molar-refractivity contribution in [1.82, 2.24) is 0 Å². The summed E-state index contributed by atoms with van der Waals surface area (Å²) in [4.78, 5) is 9.35. The molecule has 0 fully saturated rings. The van der Waals surface area contributed by atoms with E-state index in [1.54, 1.807) is 14.2 Å². The van der Waals surface area contributed by atoms with E-state index in [1.165, 1.54) is 0 Å². The van der Waals surface area contributed by atoms with Gasteiger partial charge in [-0.05, 0) is 18.4 Å². The first kappa shape index (κ1) is 16.6. The summed E-state index contributed by atoms with van der Waals surface area (Å²) in [7, 11) is 2.41. The van der Waals surface area contributed by atoms with E-state index >= 15 is 0 Å². The topological polar surface area (TPSA) is 43.2 Å². The van der Waals surface area contributed by atoms with Crippen LogP contribution in [-0.2, 0) is 9.47 Å². The molecule has 0 radical (unpaired) electrons. The number of aliphatic imine (C=N–C) groups is 2. The fourth-order valence-corrected chi connectivity index (χ4v) is 3.37. The first-order chi connectivity index (χ1) is 8.84. The van der Waals surface area contributed by atoms with Crippen molar-refractivity contribution in [3.05, 3.63) is 0 Å². The molecule has 1 heterocycles. The third kappa shape index (κ3) is 4.28. The molecule has 0 unspecified atom stereocenters. The maximum absolute atomic E-state index is 6.03. The van der Waals surface area contributed by atoms with Crippen LogP contribution < -0.4 is 0 Å². The summed E-state index contributed by atoms with van der Waals surface area (Å²) < 4.78 is 10.8. The quantitative estimate of drug-likeness (QED) is 0.750. The van der Waals surface area contributed by atoms with Gasteiger partial charge in [-0.1, -0.05) is 13.8 Å². The molecule has 0 aromatic rings. The summed E-state index contributed by atoms with van der Waals surface area (Å²) in [5.41, 5.74) is 0. The van der Waals surface area contributed by atoms with Gasteiger partial charge in [0.25, 0.3) is 0 Å². The van der Waals surface area contributed by atoms with Crippen molar-refractivity contribution in [3.8, 4) is 0 Å². The van der Waals surface area contributed by atoms with E-state index < -0.39 is 10.0 Å². The predicted molar refractivity (Wildman–Crippen MR) is 86.3 cm³/mol. The number of nitrogens with zero attached hydrogens (tertiary/aromatic N) is 2. The van der Waals surface area contributed by atoms with Gasteiger partial charge in [0.1, 0.15) is 12.1 Å². The molecule has 1 rings (SSSR count). The van der Waals surface area contributed by atoms with Crippen LogP contribution in [0, 0.1) is 5.92 Å². The summed E-state index contributed by atoms with van der Waals surface area (Å²) in [5.74, 6) is 2.61. The van der Waals surface area contributed by atoms with Gasteiger partial charge in [-0.2, -0.15) is 0 Å². The Morgan fingerprint density at radius 2 is 1.74 bits per heavy atom. The zero-order chi connectivity index (χ0) is 14.6. The van der Waals surface area contributed by atoms with Crippen molar-refractivity contribution < 1.29 is 9.47 Å². The maximum atomic E-state index is 6.03. The molecule has 0 bridgehead atoms. The number of methoxy groups -OCH3 is 2. The maximum Gasteiger partial charge on any atom is 0.210 e. The molecule has 19 heavy (non-hydrogen) atoms. The summed E-state index contributed by atoms with van der Waals surface area (Å²) in [5, 5.41) is 0.659. The average Bonchev–Trinajstić information content (AvgIpc) is 2.37. The molecule has 1 aliphatic heterocycles. The van der Waals surface area contributed by atoms with Crippen molar-refractivity contribution in [3.63, 3.8) is 0 Å². The summed E-state index contributed by atoms with van der Waals surface area (Å²) >= 11 is 6.03. The van der Waals surface area contributed by atoms with Gasteiger partial charge in [0, 0.05) is 5.75 Å². The Bertz CT molecular complexity index is 370. The minimum absolute atomic E-state index is 0.0506. The third-order valence-corrected chi connectivity index (χ3v) is 6.62. The summed E-state index contributed by atoms with van der Waals surface area (Å²) in [6.07, 6.45) is 4.40. The van der Waals surface area contributed by atoms with Crippen LogP contribution >= 0.6 is 21.6 Å². The van der Waals surface area contributed by atoms with E-state index in [1.807, 2.05) is 0 Å². The lowest BCUT2D eigenvalue weighted by atomic mass is 10.0. The van der Waals surface area contributed by atoms with Crippen LogP contribution in [0.5, 0.6) is 0 Å². The van der Waals surface area contributed by atoms with E-state index in [4.69, 9.17) is 21.1 Å². The Kier molecular flexibility index (Phi) is 5.99. The molecule has 6 heteroatoms. The largest absolute Gasteiger partial charge is 0.483 e. The van der Waals surface area contributed by atoms with Crippen molar-refractivity contribution in [1.29, 1.82) is 0 Å². The minimum atomic E-state index is -0.890. The van der Waals surface area contributed by atoms with Gasteiger partial charge in [-0.15, -0.1) is 11.6 Å². The molecule has 112 valence electrons. The molecule has 0 amide bonds. The molecule has 0 aromatic carbocycles. The van der Waals surface area contributed by atoms with Gasteiger partial charge in [0.15, 0.2) is 0 Å². The lowest BCUT2D eigenvalue weighted by Gasteiger charge is -2.34. The summed E-state index contributed by atoms with van der Waals surface area (Å²) in [6.45, 7) is 4.20. The number of rotatable bonds is 4. The van der Waals surface area contributed by atoms with Gasteiger partial charge < -0.3 is 9.47 Å². The second kappa shape index (κ2) is 6.84. The van der Waals surface area contributed by atoms with Gasteiger partial charge >= 0.3 is 0 Å². The Morgan fingerprint density at radius 1 is 1.16 bits per heavy atom. The first-order valence-electron chi connectivity index (χ1n) is 6.32. The third-order valence-electron chi connectivity index (χ3n) is 3.04. The van der Waals surface area contributed by atoms with E-state index in [0.29, 0.717) is 22.9 Å². The van der Waals surface area contributed by atoms with Crippen LogP contribution in [0.1, 0.15) is 13.8 Å². The van der Waals surface area contributed by atoms with Crippen molar-refractivity contribution in [2.45, 2.75) is 25.9 Å². The van der Waals surface area contributed by atoms with Gasteiger partial charge in [-0.25, -0.2) is 20.0 Å². The van der Waals surface area contributed by atoms with Crippen LogP contribution in [-0.4, -0.2) is 61.6 Å². The highest BCUT2D eigenvalue weighted by Gasteiger charge is 2.32. The molecule has 1 aliphatic rings. The smallest absolute Gasteiger partial charge is 0.210 e. The molecule has 4 nitrogen and oxygen atoms in total. The van der Waals surface area contributed by atoms with Crippen LogP contribution in [0.3, 0.4) is 0 Å². The number of halogens is 1. The lowest BCUT2D eigenvalue weighted by Crippen LogP contribution is -2.39. The highest BCUT2D eigenvalue weighted by molar-refractivity contribution is 8.33. The lowest BCUT2D eigenvalue weighted by molar-refractivity contribution is 0.336. The van der Waals surface area contributed by atoms with Gasteiger partial charge in [0.2, 0.25) is 11.8 Å². The SMILES string of the molecule is COC1=N[C@H](C(C)C)C(OC)=N[C@H]1CS(C)(C)CCl. The minimum Gasteiger partial charge on any atom is -0.483 e. The van der Waals surface area contributed by atoms with Crippen molar-refractivity contribution >= 4 is 33.4 Å². The fourth-order valence-electron chi connectivity index (χ4n) is 1.94. The van der Waals surface area contributed by atoms with E-state index in [0.717, 1.165) is 5.75 Å².